The van der Waals surface area contributed by atoms with Crippen LogP contribution in [0, 0.1) is 13.8 Å². The van der Waals surface area contributed by atoms with Gasteiger partial charge in [0.2, 0.25) is 0 Å². The van der Waals surface area contributed by atoms with Crippen molar-refractivity contribution in [1.29, 1.82) is 0 Å². The molecule has 100 valence electrons. The number of aryl methyl sites for hydroxylation is 2. The molecular weight excluding hydrogens is 252 g/mol. The van der Waals surface area contributed by atoms with E-state index in [0.29, 0.717) is 11.5 Å². The predicted molar refractivity (Wildman–Crippen MR) is 77.8 cm³/mol. The average Bonchev–Trinajstić information content (AvgIpc) is 2.81. The Kier molecular flexibility index (Phi) is 2.95. The number of pyridine rings is 1. The van der Waals surface area contributed by atoms with Gasteiger partial charge in [-0.25, -0.2) is 4.98 Å². The Hall–Kier alpha value is -2.69. The molecule has 0 unspecified atom stereocenters. The molecule has 3 rings (SSSR count). The minimum Gasteiger partial charge on any atom is -0.305 e. The largest absolute Gasteiger partial charge is 0.305 e. The summed E-state index contributed by atoms with van der Waals surface area (Å²) in [7, 11) is 0. The molecule has 0 spiro atoms. The van der Waals surface area contributed by atoms with Crippen molar-refractivity contribution in [1.82, 2.24) is 15.2 Å². The number of nitrogens with one attached hydrogen (secondary N) is 2. The third-order valence-electron chi connectivity index (χ3n) is 3.06. The average molecular weight is 266 g/mol. The summed E-state index contributed by atoms with van der Waals surface area (Å²) in [6, 6.07) is 11.3. The summed E-state index contributed by atoms with van der Waals surface area (Å²) < 4.78 is 0. The second-order valence-electron chi connectivity index (χ2n) is 4.74. The Labute approximate surface area is 116 Å². The van der Waals surface area contributed by atoms with Gasteiger partial charge < -0.3 is 5.32 Å². The van der Waals surface area contributed by atoms with Gasteiger partial charge in [0.15, 0.2) is 5.69 Å². The number of aromatic nitrogens is 3. The van der Waals surface area contributed by atoms with Gasteiger partial charge in [0.05, 0.1) is 5.52 Å². The predicted octanol–water partition coefficient (Wildman–Crippen LogP) is 2.83. The first-order valence-electron chi connectivity index (χ1n) is 6.33. The van der Waals surface area contributed by atoms with Crippen LogP contribution in [0.1, 0.15) is 21.7 Å². The maximum atomic E-state index is 12.3. The summed E-state index contributed by atoms with van der Waals surface area (Å²) in [6.07, 6.45) is 0. The van der Waals surface area contributed by atoms with Crippen molar-refractivity contribution in [2.45, 2.75) is 13.8 Å². The molecule has 0 saturated carbocycles. The number of carbonyl (C=O) groups is 1. The van der Waals surface area contributed by atoms with Crippen LogP contribution < -0.4 is 5.32 Å². The summed E-state index contributed by atoms with van der Waals surface area (Å²) in [5.74, 6) is 0.263. The molecule has 1 aromatic carbocycles. The van der Waals surface area contributed by atoms with Crippen molar-refractivity contribution in [3.63, 3.8) is 0 Å². The van der Waals surface area contributed by atoms with Crippen LogP contribution in [0.3, 0.4) is 0 Å². The first-order valence-corrected chi connectivity index (χ1v) is 6.33. The summed E-state index contributed by atoms with van der Waals surface area (Å²) in [5.41, 5.74) is 3.16. The minimum atomic E-state index is -0.264. The molecule has 5 nitrogen and oxygen atoms in total. The molecule has 3 aromatic rings. The number of hydrogen-bond donors (Lipinski definition) is 2. The fraction of sp³-hybridized carbons (Fsp3) is 0.133. The number of fused-ring (bicyclic) bond motifs is 1. The lowest BCUT2D eigenvalue weighted by Gasteiger charge is -2.03. The number of aromatic amines is 1. The number of amides is 1. The van der Waals surface area contributed by atoms with Crippen molar-refractivity contribution in [3.8, 4) is 0 Å². The lowest BCUT2D eigenvalue weighted by atomic mass is 10.1. The van der Waals surface area contributed by atoms with Crippen molar-refractivity contribution in [2.24, 2.45) is 0 Å². The highest BCUT2D eigenvalue weighted by Gasteiger charge is 2.14. The summed E-state index contributed by atoms with van der Waals surface area (Å²) >= 11 is 0. The van der Waals surface area contributed by atoms with E-state index in [1.165, 1.54) is 0 Å². The SMILES string of the molecule is Cc1ccc2[nH]nc(C(=O)Nc3cccc(C)n3)c2c1. The molecule has 5 heteroatoms. The van der Waals surface area contributed by atoms with E-state index in [2.05, 4.69) is 20.5 Å². The molecular formula is C15H14N4O. The van der Waals surface area contributed by atoms with E-state index >= 15 is 0 Å². The van der Waals surface area contributed by atoms with Crippen LogP contribution in [0.5, 0.6) is 0 Å². The smallest absolute Gasteiger partial charge is 0.277 e. The third kappa shape index (κ3) is 2.25. The van der Waals surface area contributed by atoms with Crippen LogP contribution in [0.25, 0.3) is 10.9 Å². The number of rotatable bonds is 2. The topological polar surface area (TPSA) is 70.7 Å². The summed E-state index contributed by atoms with van der Waals surface area (Å²) in [6.45, 7) is 3.86. The van der Waals surface area contributed by atoms with Gasteiger partial charge >= 0.3 is 0 Å². The summed E-state index contributed by atoms with van der Waals surface area (Å²) in [4.78, 5) is 16.5. The van der Waals surface area contributed by atoms with Crippen LogP contribution in [-0.2, 0) is 0 Å². The normalized spacial score (nSPS) is 10.7. The van der Waals surface area contributed by atoms with Crippen LogP contribution in [-0.4, -0.2) is 21.1 Å². The molecule has 0 atom stereocenters. The highest BCUT2D eigenvalue weighted by molar-refractivity contribution is 6.10. The van der Waals surface area contributed by atoms with Crippen molar-refractivity contribution < 1.29 is 4.79 Å². The zero-order chi connectivity index (χ0) is 14.1. The number of H-pyrrole nitrogens is 1. The quantitative estimate of drug-likeness (QED) is 0.749. The lowest BCUT2D eigenvalue weighted by molar-refractivity contribution is 0.102. The minimum absolute atomic E-state index is 0.264. The summed E-state index contributed by atoms with van der Waals surface area (Å²) in [5, 5.41) is 10.5. The van der Waals surface area contributed by atoms with Gasteiger partial charge in [-0.15, -0.1) is 0 Å². The molecule has 0 aliphatic carbocycles. The second-order valence-corrected chi connectivity index (χ2v) is 4.74. The first-order chi connectivity index (χ1) is 9.63. The highest BCUT2D eigenvalue weighted by Crippen LogP contribution is 2.18. The van der Waals surface area contributed by atoms with Gasteiger partial charge in [-0.3, -0.25) is 9.89 Å². The maximum absolute atomic E-state index is 12.3. The molecule has 0 radical (unpaired) electrons. The zero-order valence-corrected chi connectivity index (χ0v) is 11.3. The van der Waals surface area contributed by atoms with Crippen molar-refractivity contribution in [3.05, 3.63) is 53.3 Å². The molecule has 1 amide bonds. The molecule has 0 fully saturated rings. The van der Waals surface area contributed by atoms with Crippen LogP contribution in [0.4, 0.5) is 5.82 Å². The molecule has 0 bridgehead atoms. The van der Waals surface area contributed by atoms with Crippen LogP contribution >= 0.6 is 0 Å². The fourth-order valence-electron chi connectivity index (χ4n) is 2.09. The Balaban J connectivity index is 1.94. The fourth-order valence-corrected chi connectivity index (χ4v) is 2.09. The molecule has 2 aromatic heterocycles. The van der Waals surface area contributed by atoms with Gasteiger partial charge in [-0.05, 0) is 38.1 Å². The van der Waals surface area contributed by atoms with Crippen LogP contribution in [0.2, 0.25) is 0 Å². The van der Waals surface area contributed by atoms with Gasteiger partial charge in [0.25, 0.3) is 5.91 Å². The van der Waals surface area contributed by atoms with E-state index in [9.17, 15) is 4.79 Å². The Morgan fingerprint density at radius 3 is 2.85 bits per heavy atom. The molecule has 2 heterocycles. The Morgan fingerprint density at radius 1 is 1.20 bits per heavy atom. The van der Waals surface area contributed by atoms with Crippen molar-refractivity contribution >= 4 is 22.6 Å². The zero-order valence-electron chi connectivity index (χ0n) is 11.3. The Morgan fingerprint density at radius 2 is 2.05 bits per heavy atom. The third-order valence-corrected chi connectivity index (χ3v) is 3.06. The highest BCUT2D eigenvalue weighted by atomic mass is 16.2. The number of hydrogen-bond acceptors (Lipinski definition) is 3. The molecule has 0 aliphatic rings. The standard InChI is InChI=1S/C15H14N4O/c1-9-6-7-12-11(8-9)14(19-18-12)15(20)17-13-5-3-4-10(2)16-13/h3-8H,1-2H3,(H,18,19)(H,16,17,20). The molecule has 0 aliphatic heterocycles. The van der Waals surface area contributed by atoms with Crippen molar-refractivity contribution in [2.75, 3.05) is 5.32 Å². The number of nitrogens with zero attached hydrogens (tertiary/aromatic N) is 2. The number of carbonyl (C=O) groups excluding carboxylic acids is 1. The molecule has 0 saturated heterocycles. The van der Waals surface area contributed by atoms with E-state index in [1.807, 2.05) is 44.2 Å². The first kappa shape index (κ1) is 12.3. The molecule has 20 heavy (non-hydrogen) atoms. The number of benzene rings is 1. The maximum Gasteiger partial charge on any atom is 0.277 e. The van der Waals surface area contributed by atoms with E-state index in [4.69, 9.17) is 0 Å². The lowest BCUT2D eigenvalue weighted by Crippen LogP contribution is -2.14. The Bertz CT molecular complexity index is 791. The van der Waals surface area contributed by atoms with E-state index in [0.717, 1.165) is 22.2 Å². The van der Waals surface area contributed by atoms with E-state index < -0.39 is 0 Å². The van der Waals surface area contributed by atoms with Gasteiger partial charge in [-0.2, -0.15) is 5.10 Å². The van der Waals surface area contributed by atoms with Gasteiger partial charge in [0.1, 0.15) is 5.82 Å². The van der Waals surface area contributed by atoms with Crippen LogP contribution in [0.15, 0.2) is 36.4 Å². The monoisotopic (exact) mass is 266 g/mol. The van der Waals surface area contributed by atoms with Gasteiger partial charge in [-0.1, -0.05) is 17.7 Å². The van der Waals surface area contributed by atoms with E-state index in [1.54, 1.807) is 6.07 Å². The van der Waals surface area contributed by atoms with E-state index in [-0.39, 0.29) is 5.91 Å². The number of anilines is 1. The molecule has 2 N–H and O–H groups in total. The van der Waals surface area contributed by atoms with Gasteiger partial charge in [0, 0.05) is 11.1 Å². The second kappa shape index (κ2) is 4.77.